The molecule has 3 heterocycles. The van der Waals surface area contributed by atoms with E-state index in [4.69, 9.17) is 15.2 Å². The van der Waals surface area contributed by atoms with Crippen LogP contribution in [0, 0.1) is 11.8 Å². The average Bonchev–Trinajstić information content (AvgIpc) is 3.08. The summed E-state index contributed by atoms with van der Waals surface area (Å²) in [6.07, 6.45) is 3.99. The third-order valence-corrected chi connectivity index (χ3v) is 4.66. The van der Waals surface area contributed by atoms with E-state index in [1.165, 1.54) is 6.33 Å². The summed E-state index contributed by atoms with van der Waals surface area (Å²) in [5.41, 5.74) is 7.12. The number of fused-ring (bicyclic) bond motifs is 1. The van der Waals surface area contributed by atoms with E-state index in [9.17, 15) is 5.11 Å². The van der Waals surface area contributed by atoms with Crippen molar-refractivity contribution >= 4 is 17.0 Å². The molecule has 4 atom stereocenters. The van der Waals surface area contributed by atoms with Crippen molar-refractivity contribution in [2.45, 2.75) is 44.8 Å². The number of nitrogen functional groups attached to an aromatic ring is 1. The molecule has 8 nitrogen and oxygen atoms in total. The zero-order valence-electron chi connectivity index (χ0n) is 13.2. The zero-order valence-corrected chi connectivity index (χ0v) is 13.2. The van der Waals surface area contributed by atoms with Crippen LogP contribution < -0.4 is 5.73 Å². The molecule has 4 unspecified atom stereocenters. The fourth-order valence-corrected chi connectivity index (χ4v) is 3.48. The summed E-state index contributed by atoms with van der Waals surface area (Å²) in [6, 6.07) is 0. The van der Waals surface area contributed by atoms with E-state index in [0.717, 1.165) is 6.42 Å². The van der Waals surface area contributed by atoms with Gasteiger partial charge in [0.25, 0.3) is 0 Å². The van der Waals surface area contributed by atoms with Crippen LogP contribution in [0.15, 0.2) is 12.7 Å². The summed E-state index contributed by atoms with van der Waals surface area (Å²) >= 11 is 0. The van der Waals surface area contributed by atoms with Gasteiger partial charge in [-0.2, -0.15) is 0 Å². The maximum Gasteiger partial charge on any atom is 0.165 e. The molecule has 2 aliphatic rings. The van der Waals surface area contributed by atoms with E-state index in [0.29, 0.717) is 35.4 Å². The standard InChI is InChI=1S/C15H21N5O3/c1-15(2)22-10(12(23-15)9-3-8(9)5-21)4-20-7-19-11-13(16)17-6-18-14(11)20/h6-10,12,21H,3-5H2,1-2H3,(H2,16,17,18). The summed E-state index contributed by atoms with van der Waals surface area (Å²) in [6.45, 7) is 4.62. The van der Waals surface area contributed by atoms with Crippen LogP contribution in [0.4, 0.5) is 5.82 Å². The Morgan fingerprint density at radius 1 is 1.35 bits per heavy atom. The van der Waals surface area contributed by atoms with E-state index in [1.54, 1.807) is 6.33 Å². The molecule has 1 saturated carbocycles. The van der Waals surface area contributed by atoms with Crippen molar-refractivity contribution in [3.05, 3.63) is 12.7 Å². The summed E-state index contributed by atoms with van der Waals surface area (Å²) < 4.78 is 14.1. The monoisotopic (exact) mass is 319 g/mol. The molecule has 3 N–H and O–H groups in total. The number of anilines is 1. The second-order valence-corrected chi connectivity index (χ2v) is 6.81. The first-order valence-corrected chi connectivity index (χ1v) is 7.86. The highest BCUT2D eigenvalue weighted by atomic mass is 16.8. The number of imidazole rings is 1. The molecule has 2 aromatic heterocycles. The SMILES string of the molecule is CC1(C)OC(Cn2cnc3c(N)ncnc32)C(C2CC2CO)O1. The minimum absolute atomic E-state index is 0.0289. The van der Waals surface area contributed by atoms with Gasteiger partial charge in [-0.15, -0.1) is 0 Å². The van der Waals surface area contributed by atoms with E-state index >= 15 is 0 Å². The molecule has 124 valence electrons. The molecular formula is C15H21N5O3. The predicted octanol–water partition coefficient (Wildman–Crippen LogP) is 0.557. The van der Waals surface area contributed by atoms with Gasteiger partial charge < -0.3 is 24.9 Å². The molecule has 1 aliphatic carbocycles. The topological polar surface area (TPSA) is 108 Å². The zero-order chi connectivity index (χ0) is 16.2. The second kappa shape index (κ2) is 5.12. The van der Waals surface area contributed by atoms with E-state index in [1.807, 2.05) is 18.4 Å². The van der Waals surface area contributed by atoms with E-state index in [-0.39, 0.29) is 18.8 Å². The first kappa shape index (κ1) is 14.8. The molecule has 2 fully saturated rings. The van der Waals surface area contributed by atoms with Crippen LogP contribution in [-0.4, -0.2) is 49.2 Å². The number of ether oxygens (including phenoxy) is 2. The van der Waals surface area contributed by atoms with Gasteiger partial charge in [-0.25, -0.2) is 15.0 Å². The van der Waals surface area contributed by atoms with Crippen molar-refractivity contribution in [2.24, 2.45) is 11.8 Å². The maximum absolute atomic E-state index is 9.34. The van der Waals surface area contributed by atoms with Crippen LogP contribution >= 0.6 is 0 Å². The molecular weight excluding hydrogens is 298 g/mol. The molecule has 4 rings (SSSR count). The summed E-state index contributed by atoms with van der Waals surface area (Å²) in [5.74, 6) is 0.415. The van der Waals surface area contributed by atoms with E-state index in [2.05, 4.69) is 15.0 Å². The van der Waals surface area contributed by atoms with Gasteiger partial charge in [-0.1, -0.05) is 0 Å². The van der Waals surface area contributed by atoms with Gasteiger partial charge in [0.15, 0.2) is 17.3 Å². The lowest BCUT2D eigenvalue weighted by molar-refractivity contribution is -0.149. The van der Waals surface area contributed by atoms with Crippen LogP contribution in [0.25, 0.3) is 11.2 Å². The molecule has 8 heteroatoms. The van der Waals surface area contributed by atoms with Crippen molar-refractivity contribution in [3.63, 3.8) is 0 Å². The Hall–Kier alpha value is -1.77. The Morgan fingerprint density at radius 2 is 2.17 bits per heavy atom. The van der Waals surface area contributed by atoms with Crippen molar-refractivity contribution < 1.29 is 14.6 Å². The summed E-state index contributed by atoms with van der Waals surface area (Å²) in [7, 11) is 0. The van der Waals surface area contributed by atoms with Gasteiger partial charge in [-0.05, 0) is 32.1 Å². The van der Waals surface area contributed by atoms with Gasteiger partial charge in [0.1, 0.15) is 17.9 Å². The number of nitrogens with two attached hydrogens (primary N) is 1. The Kier molecular flexibility index (Phi) is 3.29. The summed E-state index contributed by atoms with van der Waals surface area (Å²) in [4.78, 5) is 12.5. The predicted molar refractivity (Wildman–Crippen MR) is 82.2 cm³/mol. The highest BCUT2D eigenvalue weighted by Crippen LogP contribution is 2.48. The molecule has 0 aromatic carbocycles. The van der Waals surface area contributed by atoms with Crippen LogP contribution in [-0.2, 0) is 16.0 Å². The van der Waals surface area contributed by atoms with Crippen molar-refractivity contribution in [1.82, 2.24) is 19.5 Å². The molecule has 1 aliphatic heterocycles. The fourth-order valence-electron chi connectivity index (χ4n) is 3.48. The number of nitrogens with zero attached hydrogens (tertiary/aromatic N) is 4. The molecule has 23 heavy (non-hydrogen) atoms. The molecule has 0 radical (unpaired) electrons. The number of hydrogen-bond acceptors (Lipinski definition) is 7. The largest absolute Gasteiger partial charge is 0.396 e. The van der Waals surface area contributed by atoms with Crippen molar-refractivity contribution in [1.29, 1.82) is 0 Å². The van der Waals surface area contributed by atoms with E-state index < -0.39 is 5.79 Å². The van der Waals surface area contributed by atoms with Gasteiger partial charge in [0, 0.05) is 6.61 Å². The normalized spacial score (nSPS) is 32.5. The number of hydrogen-bond donors (Lipinski definition) is 2. The Balaban J connectivity index is 1.59. The molecule has 0 bridgehead atoms. The van der Waals surface area contributed by atoms with Crippen LogP contribution in [0.1, 0.15) is 20.3 Å². The number of aromatic nitrogens is 4. The van der Waals surface area contributed by atoms with Crippen LogP contribution in [0.3, 0.4) is 0 Å². The van der Waals surface area contributed by atoms with Crippen molar-refractivity contribution in [2.75, 3.05) is 12.3 Å². The van der Waals surface area contributed by atoms with Gasteiger partial charge in [0.05, 0.1) is 19.0 Å². The minimum Gasteiger partial charge on any atom is -0.396 e. The first-order valence-electron chi connectivity index (χ1n) is 7.86. The van der Waals surface area contributed by atoms with Gasteiger partial charge >= 0.3 is 0 Å². The number of aliphatic hydroxyl groups is 1. The second-order valence-electron chi connectivity index (χ2n) is 6.81. The van der Waals surface area contributed by atoms with Gasteiger partial charge in [0.2, 0.25) is 0 Å². The first-order chi connectivity index (χ1) is 11.0. The molecule has 1 saturated heterocycles. The number of rotatable bonds is 4. The highest BCUT2D eigenvalue weighted by Gasteiger charge is 2.53. The Bertz CT molecular complexity index is 731. The smallest absolute Gasteiger partial charge is 0.165 e. The quantitative estimate of drug-likeness (QED) is 0.847. The minimum atomic E-state index is -0.623. The lowest BCUT2D eigenvalue weighted by atomic mass is 10.1. The van der Waals surface area contributed by atoms with Crippen molar-refractivity contribution in [3.8, 4) is 0 Å². The lowest BCUT2D eigenvalue weighted by Crippen LogP contribution is -2.30. The average molecular weight is 319 g/mol. The third kappa shape index (κ3) is 2.56. The molecule has 0 amide bonds. The van der Waals surface area contributed by atoms with Crippen LogP contribution in [0.2, 0.25) is 0 Å². The van der Waals surface area contributed by atoms with Gasteiger partial charge in [-0.3, -0.25) is 0 Å². The Morgan fingerprint density at radius 3 is 2.91 bits per heavy atom. The maximum atomic E-state index is 9.34. The fraction of sp³-hybridized carbons (Fsp3) is 0.667. The number of aliphatic hydroxyl groups excluding tert-OH is 1. The molecule has 0 spiro atoms. The van der Waals surface area contributed by atoms with Crippen LogP contribution in [0.5, 0.6) is 0 Å². The highest BCUT2D eigenvalue weighted by molar-refractivity contribution is 5.81. The Labute approximate surface area is 133 Å². The third-order valence-electron chi connectivity index (χ3n) is 4.66. The molecule has 2 aromatic rings. The lowest BCUT2D eigenvalue weighted by Gasteiger charge is -2.17. The summed E-state index contributed by atoms with van der Waals surface area (Å²) in [5, 5.41) is 9.34.